The van der Waals surface area contributed by atoms with Crippen LogP contribution in [0.4, 0.5) is 0 Å². The van der Waals surface area contributed by atoms with E-state index >= 15 is 0 Å². The van der Waals surface area contributed by atoms with Crippen LogP contribution >= 0.6 is 11.3 Å². The van der Waals surface area contributed by atoms with Gasteiger partial charge in [0.25, 0.3) is 0 Å². The molecule has 0 aliphatic heterocycles. The van der Waals surface area contributed by atoms with Gasteiger partial charge in [-0.25, -0.2) is 18.1 Å². The van der Waals surface area contributed by atoms with Gasteiger partial charge in [-0.1, -0.05) is 0 Å². The van der Waals surface area contributed by atoms with Crippen LogP contribution < -0.4 is 4.72 Å². The summed E-state index contributed by atoms with van der Waals surface area (Å²) in [4.78, 5) is 8.44. The van der Waals surface area contributed by atoms with Crippen molar-refractivity contribution in [2.45, 2.75) is 13.3 Å². The lowest BCUT2D eigenvalue weighted by atomic mass is 10.2. The van der Waals surface area contributed by atoms with Crippen LogP contribution in [0.15, 0.2) is 29.9 Å². The van der Waals surface area contributed by atoms with Gasteiger partial charge in [-0.05, 0) is 19.1 Å². The summed E-state index contributed by atoms with van der Waals surface area (Å²) in [6, 6.07) is 3.80. The molecule has 7 heteroatoms. The molecule has 0 fully saturated rings. The van der Waals surface area contributed by atoms with Gasteiger partial charge in [0.1, 0.15) is 0 Å². The predicted molar refractivity (Wildman–Crippen MR) is 76.5 cm³/mol. The lowest BCUT2D eigenvalue weighted by molar-refractivity contribution is 0.583. The highest BCUT2D eigenvalue weighted by atomic mass is 32.2. The Bertz CT molecular complexity index is 623. The van der Waals surface area contributed by atoms with E-state index in [1.807, 2.05) is 17.5 Å². The minimum atomic E-state index is -3.12. The number of sulfonamides is 1. The second-order valence-electron chi connectivity index (χ2n) is 3.91. The minimum absolute atomic E-state index is 0.104. The highest BCUT2D eigenvalue weighted by molar-refractivity contribution is 7.89. The van der Waals surface area contributed by atoms with Crippen LogP contribution in [-0.2, 0) is 16.4 Å². The maximum absolute atomic E-state index is 11.3. The molecule has 0 aromatic carbocycles. The third-order valence-electron chi connectivity index (χ3n) is 2.57. The number of nitrogens with one attached hydrogen (secondary N) is 1. The maximum atomic E-state index is 11.3. The second-order valence-corrected chi connectivity index (χ2v) is 6.95. The molecule has 2 aromatic rings. The van der Waals surface area contributed by atoms with Crippen molar-refractivity contribution in [3.63, 3.8) is 0 Å². The molecular weight excluding hydrogens is 282 g/mol. The van der Waals surface area contributed by atoms with Gasteiger partial charge in [0, 0.05) is 36.3 Å². The average molecular weight is 297 g/mol. The molecule has 0 spiro atoms. The zero-order valence-corrected chi connectivity index (χ0v) is 12.2. The molecule has 0 aliphatic rings. The Hall–Kier alpha value is -1.31. The van der Waals surface area contributed by atoms with E-state index < -0.39 is 10.0 Å². The van der Waals surface area contributed by atoms with E-state index in [0.29, 0.717) is 13.0 Å². The summed E-state index contributed by atoms with van der Waals surface area (Å²) >= 11 is 1.54. The Labute approximate surface area is 116 Å². The third kappa shape index (κ3) is 4.09. The highest BCUT2D eigenvalue weighted by Gasteiger charge is 2.07. The Balaban J connectivity index is 1.95. The van der Waals surface area contributed by atoms with E-state index in [-0.39, 0.29) is 5.75 Å². The number of thiazole rings is 1. The van der Waals surface area contributed by atoms with E-state index in [0.717, 1.165) is 16.3 Å². The Kier molecular flexibility index (Phi) is 4.62. The predicted octanol–water partition coefficient (Wildman–Crippen LogP) is 1.69. The largest absolute Gasteiger partial charge is 0.265 e. The first-order valence-electron chi connectivity index (χ1n) is 5.93. The fourth-order valence-corrected chi connectivity index (χ4v) is 2.92. The second kappa shape index (κ2) is 6.23. The summed E-state index contributed by atoms with van der Waals surface area (Å²) in [5.41, 5.74) is 1.92. The lowest BCUT2D eigenvalue weighted by Crippen LogP contribution is -2.27. The SMILES string of the molecule is CCS(=O)(=O)NCCc1nc(-c2ccncc2)cs1. The number of hydrogen-bond acceptors (Lipinski definition) is 5. The highest BCUT2D eigenvalue weighted by Crippen LogP contribution is 2.21. The van der Waals surface area contributed by atoms with Crippen LogP contribution in [0.25, 0.3) is 11.3 Å². The summed E-state index contributed by atoms with van der Waals surface area (Å²) < 4.78 is 25.1. The van der Waals surface area contributed by atoms with Crippen LogP contribution in [0.5, 0.6) is 0 Å². The summed E-state index contributed by atoms with van der Waals surface area (Å²) in [5.74, 6) is 0.104. The van der Waals surface area contributed by atoms with Crippen LogP contribution in [0, 0.1) is 0 Å². The number of nitrogens with zero attached hydrogens (tertiary/aromatic N) is 2. The van der Waals surface area contributed by atoms with Gasteiger partial charge in [0.05, 0.1) is 16.5 Å². The van der Waals surface area contributed by atoms with Gasteiger partial charge in [0.15, 0.2) is 0 Å². The van der Waals surface area contributed by atoms with Crippen molar-refractivity contribution in [1.29, 1.82) is 0 Å². The van der Waals surface area contributed by atoms with Gasteiger partial charge in [-0.2, -0.15) is 0 Å². The number of aromatic nitrogens is 2. The molecule has 5 nitrogen and oxygen atoms in total. The van der Waals surface area contributed by atoms with Crippen LogP contribution in [0.1, 0.15) is 11.9 Å². The Morgan fingerprint density at radius 1 is 1.32 bits per heavy atom. The van der Waals surface area contributed by atoms with E-state index in [9.17, 15) is 8.42 Å². The molecule has 19 heavy (non-hydrogen) atoms. The van der Waals surface area contributed by atoms with Gasteiger partial charge in [-0.15, -0.1) is 11.3 Å². The molecular formula is C12H15N3O2S2. The molecule has 0 amide bonds. The molecule has 2 rings (SSSR count). The topological polar surface area (TPSA) is 72.0 Å². The summed E-state index contributed by atoms with van der Waals surface area (Å²) in [6.07, 6.45) is 4.06. The summed E-state index contributed by atoms with van der Waals surface area (Å²) in [7, 11) is -3.12. The molecule has 0 radical (unpaired) electrons. The van der Waals surface area contributed by atoms with Crippen molar-refractivity contribution in [2.24, 2.45) is 0 Å². The molecule has 1 N–H and O–H groups in total. The molecule has 102 valence electrons. The molecule has 0 atom stereocenters. The van der Waals surface area contributed by atoms with Gasteiger partial charge in [0.2, 0.25) is 10.0 Å². The van der Waals surface area contributed by atoms with E-state index in [2.05, 4.69) is 14.7 Å². The zero-order valence-electron chi connectivity index (χ0n) is 10.5. The first-order valence-corrected chi connectivity index (χ1v) is 8.46. The minimum Gasteiger partial charge on any atom is -0.265 e. The molecule has 2 aromatic heterocycles. The molecule has 0 aliphatic carbocycles. The number of rotatable bonds is 6. The normalized spacial score (nSPS) is 11.6. The van der Waals surface area contributed by atoms with Crippen LogP contribution in [-0.4, -0.2) is 30.7 Å². The fourth-order valence-electron chi connectivity index (χ4n) is 1.50. The van der Waals surface area contributed by atoms with E-state index in [1.165, 1.54) is 11.3 Å². The van der Waals surface area contributed by atoms with Crippen molar-refractivity contribution >= 4 is 21.4 Å². The summed E-state index contributed by atoms with van der Waals surface area (Å²) in [6.45, 7) is 2.01. The average Bonchev–Trinajstić information content (AvgIpc) is 2.88. The molecule has 2 heterocycles. The van der Waals surface area contributed by atoms with E-state index in [1.54, 1.807) is 19.3 Å². The van der Waals surface area contributed by atoms with Crippen LogP contribution in [0.2, 0.25) is 0 Å². The van der Waals surface area contributed by atoms with Crippen molar-refractivity contribution < 1.29 is 8.42 Å². The fraction of sp³-hybridized carbons (Fsp3) is 0.333. The monoisotopic (exact) mass is 297 g/mol. The number of pyridine rings is 1. The van der Waals surface area contributed by atoms with Crippen molar-refractivity contribution in [2.75, 3.05) is 12.3 Å². The number of hydrogen-bond donors (Lipinski definition) is 1. The van der Waals surface area contributed by atoms with Crippen molar-refractivity contribution in [3.05, 3.63) is 34.9 Å². The maximum Gasteiger partial charge on any atom is 0.211 e. The zero-order chi connectivity index (χ0) is 13.7. The Morgan fingerprint density at radius 2 is 2.05 bits per heavy atom. The summed E-state index contributed by atoms with van der Waals surface area (Å²) in [5, 5.41) is 2.89. The van der Waals surface area contributed by atoms with Gasteiger partial charge < -0.3 is 0 Å². The standard InChI is InChI=1S/C12H15N3O2S2/c1-2-19(16,17)14-8-5-12-15-11(9-18-12)10-3-6-13-7-4-10/h3-4,6-7,9,14H,2,5,8H2,1H3. The van der Waals surface area contributed by atoms with Crippen molar-refractivity contribution in [3.8, 4) is 11.3 Å². The molecule has 0 unspecified atom stereocenters. The quantitative estimate of drug-likeness (QED) is 0.880. The smallest absolute Gasteiger partial charge is 0.211 e. The molecule has 0 bridgehead atoms. The van der Waals surface area contributed by atoms with Gasteiger partial charge in [-0.3, -0.25) is 4.98 Å². The van der Waals surface area contributed by atoms with Gasteiger partial charge >= 0.3 is 0 Å². The van der Waals surface area contributed by atoms with E-state index in [4.69, 9.17) is 0 Å². The first-order chi connectivity index (χ1) is 9.11. The first kappa shape index (κ1) is 14.1. The van der Waals surface area contributed by atoms with Crippen LogP contribution in [0.3, 0.4) is 0 Å². The molecule has 0 saturated carbocycles. The van der Waals surface area contributed by atoms with Crippen molar-refractivity contribution in [1.82, 2.24) is 14.7 Å². The third-order valence-corrected chi connectivity index (χ3v) is 4.88. The Morgan fingerprint density at radius 3 is 2.74 bits per heavy atom. The molecule has 0 saturated heterocycles. The lowest BCUT2D eigenvalue weighted by Gasteiger charge is -2.01.